The van der Waals surface area contributed by atoms with Crippen LogP contribution in [0.25, 0.3) is 0 Å². The van der Waals surface area contributed by atoms with E-state index in [9.17, 15) is 0 Å². The van der Waals surface area contributed by atoms with E-state index in [1.54, 1.807) is 0 Å². The third kappa shape index (κ3) is 3.28. The molecule has 0 amide bonds. The number of rotatable bonds is 1. The summed E-state index contributed by atoms with van der Waals surface area (Å²) >= 11 is 0. The van der Waals surface area contributed by atoms with Gasteiger partial charge in [0.05, 0.1) is 12.4 Å². The molecule has 1 N–H and O–H groups in total. The molecule has 0 aromatic heterocycles. The van der Waals surface area contributed by atoms with E-state index in [0.29, 0.717) is 5.92 Å². The van der Waals surface area contributed by atoms with E-state index in [2.05, 4.69) is 24.2 Å². The maximum atomic E-state index is 4.24. The quantitative estimate of drug-likeness (QED) is 0.657. The third-order valence-corrected chi connectivity index (χ3v) is 1.25. The molecule has 0 fully saturated rings. The maximum Gasteiger partial charge on any atom is 0.0990 e. The van der Waals surface area contributed by atoms with Crippen LogP contribution in [-0.2, 0) is 0 Å². The van der Waals surface area contributed by atoms with Crippen molar-refractivity contribution in [1.29, 1.82) is 0 Å². The first-order valence-corrected chi connectivity index (χ1v) is 3.09. The van der Waals surface area contributed by atoms with Gasteiger partial charge in [0.2, 0.25) is 0 Å². The molecule has 4 heteroatoms. The van der Waals surface area contributed by atoms with Crippen LogP contribution in [0, 0.1) is 5.92 Å². The summed E-state index contributed by atoms with van der Waals surface area (Å²) in [5.41, 5.74) is 0. The van der Waals surface area contributed by atoms with Gasteiger partial charge in [0.1, 0.15) is 0 Å². The van der Waals surface area contributed by atoms with Crippen molar-refractivity contribution in [2.75, 3.05) is 13.1 Å². The zero-order valence-corrected chi connectivity index (χ0v) is 7.89. The summed E-state index contributed by atoms with van der Waals surface area (Å²) in [7, 11) is 0. The van der Waals surface area contributed by atoms with Gasteiger partial charge in [-0.05, 0) is 0 Å². The van der Waals surface area contributed by atoms with Crippen molar-refractivity contribution in [3.05, 3.63) is 0 Å². The maximum absolute atomic E-state index is 4.24. The van der Waals surface area contributed by atoms with E-state index in [1.165, 1.54) is 5.84 Å². The lowest BCUT2D eigenvalue weighted by atomic mass is 10.2. The molecule has 10 heavy (non-hydrogen) atoms. The molecule has 1 rings (SSSR count). The topological polar surface area (TPSA) is 24.4 Å². The minimum Gasteiger partial charge on any atom is -0.372 e. The lowest BCUT2D eigenvalue weighted by molar-refractivity contribution is 0.838. The van der Waals surface area contributed by atoms with Crippen LogP contribution < -0.4 is 5.32 Å². The highest BCUT2D eigenvalue weighted by Gasteiger charge is 2.06. The smallest absolute Gasteiger partial charge is 0.0990 e. The largest absolute Gasteiger partial charge is 0.372 e. The van der Waals surface area contributed by atoms with Crippen LogP contribution in [0.3, 0.4) is 0 Å². The van der Waals surface area contributed by atoms with E-state index in [0.717, 1.165) is 13.1 Å². The lowest BCUT2D eigenvalue weighted by Gasteiger charge is -2.02. The second-order valence-corrected chi connectivity index (χ2v) is 2.35. The van der Waals surface area contributed by atoms with Crippen molar-refractivity contribution in [3.63, 3.8) is 0 Å². The van der Waals surface area contributed by atoms with Crippen LogP contribution in [0.2, 0.25) is 0 Å². The number of halogens is 2. The molecule has 1 aliphatic rings. The Morgan fingerprint density at radius 3 is 2.20 bits per heavy atom. The van der Waals surface area contributed by atoms with Gasteiger partial charge in [-0.15, -0.1) is 24.8 Å². The average molecular weight is 185 g/mol. The fraction of sp³-hybridized carbons (Fsp3) is 0.833. The molecule has 1 heterocycles. The summed E-state index contributed by atoms with van der Waals surface area (Å²) in [4.78, 5) is 4.24. The highest BCUT2D eigenvalue weighted by molar-refractivity contribution is 5.86. The van der Waals surface area contributed by atoms with E-state index < -0.39 is 0 Å². The number of hydrogen-bond acceptors (Lipinski definition) is 2. The summed E-state index contributed by atoms with van der Waals surface area (Å²) in [5.74, 6) is 1.75. The van der Waals surface area contributed by atoms with E-state index in [4.69, 9.17) is 0 Å². The first kappa shape index (κ1) is 12.7. The van der Waals surface area contributed by atoms with Gasteiger partial charge < -0.3 is 5.32 Å². The summed E-state index contributed by atoms with van der Waals surface area (Å²) in [6, 6.07) is 0. The second-order valence-electron chi connectivity index (χ2n) is 2.35. The van der Waals surface area contributed by atoms with Crippen molar-refractivity contribution in [1.82, 2.24) is 5.32 Å². The molecule has 0 saturated carbocycles. The summed E-state index contributed by atoms with van der Waals surface area (Å²) in [5, 5.41) is 3.21. The van der Waals surface area contributed by atoms with Gasteiger partial charge in [0, 0.05) is 12.5 Å². The van der Waals surface area contributed by atoms with E-state index >= 15 is 0 Å². The van der Waals surface area contributed by atoms with Crippen LogP contribution in [0.4, 0.5) is 0 Å². The zero-order chi connectivity index (χ0) is 5.98. The van der Waals surface area contributed by atoms with Crippen molar-refractivity contribution < 1.29 is 0 Å². The number of amidine groups is 1. The summed E-state index contributed by atoms with van der Waals surface area (Å²) in [6.45, 7) is 6.30. The molecule has 0 atom stereocenters. The van der Waals surface area contributed by atoms with Crippen LogP contribution >= 0.6 is 24.8 Å². The fourth-order valence-electron chi connectivity index (χ4n) is 0.803. The molecule has 0 aliphatic carbocycles. The number of nitrogens with one attached hydrogen (secondary N) is 1. The van der Waals surface area contributed by atoms with Crippen LogP contribution in [0.1, 0.15) is 13.8 Å². The minimum absolute atomic E-state index is 0. The Labute approximate surface area is 74.3 Å². The molecule has 0 radical (unpaired) electrons. The molecule has 0 saturated heterocycles. The zero-order valence-electron chi connectivity index (χ0n) is 6.26. The van der Waals surface area contributed by atoms with E-state index in [1.807, 2.05) is 0 Å². The minimum atomic E-state index is 0. The number of aliphatic imine (C=N–C) groups is 1. The molecule has 62 valence electrons. The van der Waals surface area contributed by atoms with Gasteiger partial charge in [-0.2, -0.15) is 0 Å². The molecule has 0 spiro atoms. The SMILES string of the molecule is CC(C)C1=NCCN1.Cl.Cl. The Bertz CT molecular complexity index is 112. The summed E-state index contributed by atoms with van der Waals surface area (Å²) < 4.78 is 0. The third-order valence-electron chi connectivity index (χ3n) is 1.25. The van der Waals surface area contributed by atoms with Gasteiger partial charge in [0.25, 0.3) is 0 Å². The first-order valence-electron chi connectivity index (χ1n) is 3.09. The Hall–Kier alpha value is 0.0500. The first-order chi connectivity index (χ1) is 3.80. The van der Waals surface area contributed by atoms with Crippen molar-refractivity contribution >= 4 is 30.6 Å². The second kappa shape index (κ2) is 5.81. The molecule has 2 nitrogen and oxygen atoms in total. The Morgan fingerprint density at radius 1 is 1.40 bits per heavy atom. The molecular weight excluding hydrogens is 171 g/mol. The average Bonchev–Trinajstić information content (AvgIpc) is 2.12. The van der Waals surface area contributed by atoms with E-state index in [-0.39, 0.29) is 24.8 Å². The lowest BCUT2D eigenvalue weighted by Crippen LogP contribution is -2.23. The number of nitrogens with zero attached hydrogens (tertiary/aromatic N) is 1. The molecule has 0 aromatic rings. The highest BCUT2D eigenvalue weighted by atomic mass is 35.5. The van der Waals surface area contributed by atoms with Crippen molar-refractivity contribution in [3.8, 4) is 0 Å². The van der Waals surface area contributed by atoms with Crippen molar-refractivity contribution in [2.45, 2.75) is 13.8 Å². The molecular formula is C6H14Cl2N2. The van der Waals surface area contributed by atoms with Crippen LogP contribution in [0.15, 0.2) is 4.99 Å². The Balaban J connectivity index is 0. The van der Waals surface area contributed by atoms with Gasteiger partial charge in [0.15, 0.2) is 0 Å². The Morgan fingerprint density at radius 2 is 2.00 bits per heavy atom. The molecule has 1 aliphatic heterocycles. The Kier molecular flexibility index (Phi) is 7.38. The van der Waals surface area contributed by atoms with Crippen LogP contribution in [-0.4, -0.2) is 18.9 Å². The predicted octanol–water partition coefficient (Wildman–Crippen LogP) is 1.49. The van der Waals surface area contributed by atoms with Crippen LogP contribution in [0.5, 0.6) is 0 Å². The summed E-state index contributed by atoms with van der Waals surface area (Å²) in [6.07, 6.45) is 0. The molecule has 0 aromatic carbocycles. The van der Waals surface area contributed by atoms with Gasteiger partial charge in [-0.25, -0.2) is 0 Å². The van der Waals surface area contributed by atoms with Gasteiger partial charge >= 0.3 is 0 Å². The highest BCUT2D eigenvalue weighted by Crippen LogP contribution is 1.97. The molecule has 0 unspecified atom stereocenters. The van der Waals surface area contributed by atoms with Crippen molar-refractivity contribution in [2.24, 2.45) is 10.9 Å². The standard InChI is InChI=1S/C6H12N2.2ClH/c1-5(2)6-7-3-4-8-6;;/h5H,3-4H2,1-2H3,(H,7,8);2*1H. The fourth-order valence-corrected chi connectivity index (χ4v) is 0.803. The normalized spacial score (nSPS) is 14.9. The van der Waals surface area contributed by atoms with Gasteiger partial charge in [-0.3, -0.25) is 4.99 Å². The monoisotopic (exact) mass is 184 g/mol. The predicted molar refractivity (Wildman–Crippen MR) is 49.6 cm³/mol. The molecule has 0 bridgehead atoms. The van der Waals surface area contributed by atoms with Gasteiger partial charge in [-0.1, -0.05) is 13.8 Å². The number of hydrogen-bond donors (Lipinski definition) is 1.